The quantitative estimate of drug-likeness (QED) is 0.489. The van der Waals surface area contributed by atoms with Gasteiger partial charge in [0, 0.05) is 17.8 Å². The Morgan fingerprint density at radius 2 is 1.80 bits per heavy atom. The second-order valence-corrected chi connectivity index (χ2v) is 9.73. The van der Waals surface area contributed by atoms with Gasteiger partial charge in [0.05, 0.1) is 10.6 Å². The maximum atomic E-state index is 13.7. The van der Waals surface area contributed by atoms with E-state index in [1.807, 2.05) is 53.6 Å². The van der Waals surface area contributed by atoms with E-state index >= 15 is 0 Å². The van der Waals surface area contributed by atoms with E-state index in [2.05, 4.69) is 0 Å². The number of aromatic hydroxyl groups is 1. The molecule has 2 aromatic carbocycles. The Kier molecular flexibility index (Phi) is 5.09. The van der Waals surface area contributed by atoms with Crippen molar-refractivity contribution in [2.24, 2.45) is 0 Å². The van der Waals surface area contributed by atoms with Gasteiger partial charge in [-0.3, -0.25) is 19.3 Å². The third-order valence-corrected chi connectivity index (χ3v) is 7.69. The zero-order chi connectivity index (χ0) is 24.3. The molecule has 1 amide bonds. The van der Waals surface area contributed by atoms with Crippen LogP contribution < -0.4 is 15.2 Å². The molecule has 178 valence electrons. The van der Waals surface area contributed by atoms with Crippen molar-refractivity contribution in [2.45, 2.75) is 24.4 Å². The Balaban J connectivity index is 1.67. The zero-order valence-corrected chi connectivity index (χ0v) is 20.0. The molecule has 6 rings (SSSR count). The molecule has 1 fully saturated rings. The summed E-state index contributed by atoms with van der Waals surface area (Å²) in [4.78, 5) is 27.8. The first-order valence-electron chi connectivity index (χ1n) is 11.3. The molecular formula is C26H21Cl2N3O4. The molecule has 35 heavy (non-hydrogen) atoms. The number of halogens is 2. The van der Waals surface area contributed by atoms with Crippen molar-refractivity contribution < 1.29 is 14.6 Å². The molecule has 3 aliphatic rings. The summed E-state index contributed by atoms with van der Waals surface area (Å²) in [6, 6.07) is 14.1. The van der Waals surface area contributed by atoms with Crippen LogP contribution in [0.4, 0.5) is 0 Å². The van der Waals surface area contributed by atoms with Crippen molar-refractivity contribution in [3.05, 3.63) is 104 Å². The monoisotopic (exact) mass is 509 g/mol. The number of fused-ring (bicyclic) bond motifs is 6. The maximum absolute atomic E-state index is 13.7. The largest absolute Gasteiger partial charge is 0.502 e. The average Bonchev–Trinajstić information content (AvgIpc) is 3.65. The summed E-state index contributed by atoms with van der Waals surface area (Å²) in [5.41, 5.74) is 0.467. The minimum Gasteiger partial charge on any atom is -0.502 e. The SMILES string of the molecule is O=C1c2c(O)c(=O)ccn2N2CN1C1(/C=C\COc3c(ccc(Cl)c3Cl)[C@H]2c2ccccc2)CC1. The minimum atomic E-state index is -0.606. The van der Waals surface area contributed by atoms with E-state index in [0.717, 1.165) is 24.0 Å². The van der Waals surface area contributed by atoms with Crippen LogP contribution in [0.3, 0.4) is 0 Å². The topological polar surface area (TPSA) is 75.0 Å². The van der Waals surface area contributed by atoms with Crippen LogP contribution in [-0.2, 0) is 0 Å². The molecule has 1 atom stereocenters. The Morgan fingerprint density at radius 1 is 1.03 bits per heavy atom. The lowest BCUT2D eigenvalue weighted by atomic mass is 9.96. The molecule has 3 aromatic rings. The molecule has 9 heteroatoms. The van der Waals surface area contributed by atoms with E-state index in [0.29, 0.717) is 15.8 Å². The molecule has 1 aromatic heterocycles. The Labute approximate surface area is 211 Å². The third kappa shape index (κ3) is 3.41. The Hall–Kier alpha value is -3.42. The van der Waals surface area contributed by atoms with Gasteiger partial charge in [-0.25, -0.2) is 0 Å². The summed E-state index contributed by atoms with van der Waals surface area (Å²) in [5.74, 6) is -0.515. The van der Waals surface area contributed by atoms with Crippen molar-refractivity contribution in [1.29, 1.82) is 0 Å². The predicted octanol–water partition coefficient (Wildman–Crippen LogP) is 4.48. The van der Waals surface area contributed by atoms with Crippen molar-refractivity contribution in [3.8, 4) is 11.5 Å². The first-order valence-corrected chi connectivity index (χ1v) is 12.0. The first-order chi connectivity index (χ1) is 16.9. The van der Waals surface area contributed by atoms with Crippen LogP contribution in [0.1, 0.15) is 40.5 Å². The number of hydrogen-bond donors (Lipinski definition) is 1. The lowest BCUT2D eigenvalue weighted by Gasteiger charge is -2.46. The molecule has 1 saturated carbocycles. The lowest BCUT2D eigenvalue weighted by molar-refractivity contribution is 0.0606. The summed E-state index contributed by atoms with van der Waals surface area (Å²) in [5, 5.41) is 13.4. The number of nitrogens with zero attached hydrogens (tertiary/aromatic N) is 3. The zero-order valence-electron chi connectivity index (χ0n) is 18.5. The number of rotatable bonds is 1. The van der Waals surface area contributed by atoms with Crippen molar-refractivity contribution in [1.82, 2.24) is 9.58 Å². The van der Waals surface area contributed by atoms with Crippen LogP contribution in [-0.4, -0.2) is 39.4 Å². The van der Waals surface area contributed by atoms with Crippen LogP contribution >= 0.6 is 23.2 Å². The van der Waals surface area contributed by atoms with Crippen LogP contribution in [0.2, 0.25) is 10.0 Å². The molecule has 0 saturated heterocycles. The van der Waals surface area contributed by atoms with E-state index in [1.165, 1.54) is 12.3 Å². The van der Waals surface area contributed by atoms with Crippen molar-refractivity contribution in [3.63, 3.8) is 0 Å². The van der Waals surface area contributed by atoms with Gasteiger partial charge in [0.25, 0.3) is 5.91 Å². The van der Waals surface area contributed by atoms with Crippen molar-refractivity contribution >= 4 is 29.1 Å². The molecule has 7 nitrogen and oxygen atoms in total. The molecular weight excluding hydrogens is 489 g/mol. The summed E-state index contributed by atoms with van der Waals surface area (Å²) >= 11 is 13.0. The highest BCUT2D eigenvalue weighted by Gasteiger charge is 2.52. The first kappa shape index (κ1) is 22.1. The highest BCUT2D eigenvalue weighted by Crippen LogP contribution is 2.48. The summed E-state index contributed by atoms with van der Waals surface area (Å²) in [6.07, 6.45) is 6.92. The molecule has 0 unspecified atom stereocenters. The van der Waals surface area contributed by atoms with Crippen molar-refractivity contribution in [2.75, 3.05) is 18.3 Å². The van der Waals surface area contributed by atoms with Crippen LogP contribution in [0.5, 0.6) is 11.5 Å². The summed E-state index contributed by atoms with van der Waals surface area (Å²) in [6.45, 7) is 0.464. The van der Waals surface area contributed by atoms with Gasteiger partial charge in [0.15, 0.2) is 11.4 Å². The molecule has 2 bridgehead atoms. The number of carbonyl (C=O) groups excluding carboxylic acids is 1. The van der Waals surface area contributed by atoms with E-state index in [1.54, 1.807) is 15.6 Å². The second-order valence-electron chi connectivity index (χ2n) is 8.95. The number of carbonyl (C=O) groups is 1. The fourth-order valence-electron chi connectivity index (χ4n) is 4.99. The molecule has 3 heterocycles. The van der Waals surface area contributed by atoms with Gasteiger partial charge in [-0.1, -0.05) is 65.7 Å². The maximum Gasteiger partial charge on any atom is 0.278 e. The Bertz CT molecular complexity index is 1430. The van der Waals surface area contributed by atoms with Gasteiger partial charge in [-0.2, -0.15) is 0 Å². The lowest BCUT2D eigenvalue weighted by Crippen LogP contribution is -2.58. The average molecular weight is 510 g/mol. The number of hydrogen-bond acceptors (Lipinski definition) is 5. The predicted molar refractivity (Wildman–Crippen MR) is 133 cm³/mol. The second kappa shape index (κ2) is 8.07. The molecule has 0 radical (unpaired) electrons. The summed E-state index contributed by atoms with van der Waals surface area (Å²) < 4.78 is 7.73. The number of pyridine rings is 1. The Morgan fingerprint density at radius 3 is 2.54 bits per heavy atom. The molecule has 1 aliphatic carbocycles. The molecule has 1 N–H and O–H groups in total. The van der Waals surface area contributed by atoms with Crippen LogP contribution in [0.25, 0.3) is 0 Å². The highest BCUT2D eigenvalue weighted by molar-refractivity contribution is 6.43. The van der Waals surface area contributed by atoms with Gasteiger partial charge in [0.1, 0.15) is 30.1 Å². The number of amides is 1. The third-order valence-electron chi connectivity index (χ3n) is 6.90. The summed E-state index contributed by atoms with van der Waals surface area (Å²) in [7, 11) is 0. The van der Waals surface area contributed by atoms with Gasteiger partial charge in [-0.15, -0.1) is 0 Å². The molecule has 1 spiro atoms. The number of benzene rings is 2. The van der Waals surface area contributed by atoms with Gasteiger partial charge >= 0.3 is 0 Å². The highest BCUT2D eigenvalue weighted by atomic mass is 35.5. The normalized spacial score (nSPS) is 21.0. The van der Waals surface area contributed by atoms with Gasteiger partial charge < -0.3 is 14.7 Å². The van der Waals surface area contributed by atoms with Crippen LogP contribution in [0.15, 0.2) is 71.7 Å². The standard InChI is InChI=1S/C26H21Cl2N3O4/c27-18-8-7-17-21(16-5-2-1-3-6-16)31-15-29(25(34)22-23(33)19(32)9-13-30(22)31)26(11-12-26)10-4-14-35-24(17)20(18)28/h1-10,13,21,33H,11-12,14-15H2/b10-4-/t21-/m1/s1. The van der Waals surface area contributed by atoms with Gasteiger partial charge in [0.2, 0.25) is 5.43 Å². The smallest absolute Gasteiger partial charge is 0.278 e. The number of ether oxygens (including phenoxy) is 1. The number of aromatic nitrogens is 1. The van der Waals surface area contributed by atoms with Crippen LogP contribution in [0, 0.1) is 0 Å². The van der Waals surface area contributed by atoms with E-state index in [9.17, 15) is 14.7 Å². The van der Waals surface area contributed by atoms with E-state index in [-0.39, 0.29) is 24.9 Å². The fourth-order valence-corrected chi connectivity index (χ4v) is 5.37. The fraction of sp³-hybridized carbons (Fsp3) is 0.231. The minimum absolute atomic E-state index is 0.0638. The van der Waals surface area contributed by atoms with Gasteiger partial charge in [-0.05, 0) is 30.5 Å². The van der Waals surface area contributed by atoms with E-state index < -0.39 is 22.8 Å². The van der Waals surface area contributed by atoms with E-state index in [4.69, 9.17) is 27.9 Å². The molecule has 2 aliphatic heterocycles.